The first-order chi connectivity index (χ1) is 12.7. The highest BCUT2D eigenvalue weighted by atomic mass is 16.5. The van der Waals surface area contributed by atoms with E-state index in [2.05, 4.69) is 10.3 Å². The third kappa shape index (κ3) is 4.00. The van der Waals surface area contributed by atoms with E-state index < -0.39 is 0 Å². The number of nitrogens with zero attached hydrogens (tertiary/aromatic N) is 1. The molecule has 1 amide bonds. The number of hydrogen-bond donors (Lipinski definition) is 1. The Morgan fingerprint density at radius 1 is 0.808 bits per heavy atom. The summed E-state index contributed by atoms with van der Waals surface area (Å²) in [7, 11) is 3.25. The molecule has 2 aromatic carbocycles. The molecule has 0 aliphatic rings. The van der Waals surface area contributed by atoms with E-state index in [0.29, 0.717) is 5.56 Å². The van der Waals surface area contributed by atoms with Gasteiger partial charge in [0.1, 0.15) is 11.5 Å². The number of hydrogen-bond acceptors (Lipinski definition) is 4. The minimum Gasteiger partial charge on any atom is -0.497 e. The van der Waals surface area contributed by atoms with Gasteiger partial charge in [0, 0.05) is 18.0 Å². The number of nitrogens with one attached hydrogen (secondary N) is 1. The number of amides is 1. The summed E-state index contributed by atoms with van der Waals surface area (Å²) in [6, 6.07) is 18.4. The number of methoxy groups -OCH3 is 2. The molecule has 5 nitrogen and oxygen atoms in total. The molecule has 5 heteroatoms. The summed E-state index contributed by atoms with van der Waals surface area (Å²) in [6.45, 7) is 0. The van der Waals surface area contributed by atoms with Crippen molar-refractivity contribution in [2.45, 2.75) is 6.04 Å². The molecule has 0 unspecified atom stereocenters. The fourth-order valence-corrected chi connectivity index (χ4v) is 2.67. The fraction of sp³-hybridized carbons (Fsp3) is 0.143. The first kappa shape index (κ1) is 17.5. The van der Waals surface area contributed by atoms with E-state index in [1.807, 2.05) is 48.5 Å². The molecule has 0 spiro atoms. The summed E-state index contributed by atoms with van der Waals surface area (Å²) in [5.41, 5.74) is 2.48. The van der Waals surface area contributed by atoms with Crippen molar-refractivity contribution >= 4 is 5.91 Å². The maximum absolute atomic E-state index is 12.7. The fourth-order valence-electron chi connectivity index (χ4n) is 2.67. The predicted octanol–water partition coefficient (Wildman–Crippen LogP) is 3.62. The molecular weight excluding hydrogens is 328 g/mol. The lowest BCUT2D eigenvalue weighted by Gasteiger charge is -2.20. The molecular formula is C21H20N2O3. The normalized spacial score (nSPS) is 10.4. The molecule has 3 aromatic rings. The lowest BCUT2D eigenvalue weighted by atomic mass is 9.98. The SMILES string of the molecule is COc1ccc(C(NC(=O)c2ccncc2)c2ccc(OC)cc2)cc1. The number of benzene rings is 2. The summed E-state index contributed by atoms with van der Waals surface area (Å²) < 4.78 is 10.4. The largest absolute Gasteiger partial charge is 0.497 e. The van der Waals surface area contributed by atoms with Crippen molar-refractivity contribution in [2.24, 2.45) is 0 Å². The summed E-state index contributed by atoms with van der Waals surface area (Å²) in [5.74, 6) is 1.37. The van der Waals surface area contributed by atoms with Gasteiger partial charge in [-0.25, -0.2) is 0 Å². The van der Waals surface area contributed by atoms with Crippen LogP contribution in [0.1, 0.15) is 27.5 Å². The molecule has 26 heavy (non-hydrogen) atoms. The quantitative estimate of drug-likeness (QED) is 0.739. The molecule has 0 aliphatic heterocycles. The van der Waals surface area contributed by atoms with Gasteiger partial charge >= 0.3 is 0 Å². The third-order valence-electron chi connectivity index (χ3n) is 4.12. The Labute approximate surface area is 152 Å². The summed E-state index contributed by atoms with van der Waals surface area (Å²) in [6.07, 6.45) is 3.20. The molecule has 0 bridgehead atoms. The van der Waals surface area contributed by atoms with Gasteiger partial charge in [-0.15, -0.1) is 0 Å². The topological polar surface area (TPSA) is 60.5 Å². The van der Waals surface area contributed by atoms with Crippen LogP contribution in [0, 0.1) is 0 Å². The van der Waals surface area contributed by atoms with Gasteiger partial charge in [-0.05, 0) is 47.5 Å². The molecule has 3 rings (SSSR count). The second-order valence-electron chi connectivity index (χ2n) is 5.69. The zero-order valence-corrected chi connectivity index (χ0v) is 14.7. The van der Waals surface area contributed by atoms with Gasteiger partial charge in [0.05, 0.1) is 20.3 Å². The number of carbonyl (C=O) groups is 1. The van der Waals surface area contributed by atoms with E-state index in [0.717, 1.165) is 22.6 Å². The first-order valence-corrected chi connectivity index (χ1v) is 8.20. The highest BCUT2D eigenvalue weighted by Crippen LogP contribution is 2.26. The van der Waals surface area contributed by atoms with Crippen LogP contribution in [-0.2, 0) is 0 Å². The van der Waals surface area contributed by atoms with Crippen LogP contribution in [0.15, 0.2) is 73.1 Å². The lowest BCUT2D eigenvalue weighted by molar-refractivity contribution is 0.0943. The van der Waals surface area contributed by atoms with E-state index in [4.69, 9.17) is 9.47 Å². The monoisotopic (exact) mass is 348 g/mol. The standard InChI is InChI=1S/C21H20N2O3/c1-25-18-7-3-15(4-8-18)20(16-5-9-19(26-2)10-6-16)23-21(24)17-11-13-22-14-12-17/h3-14,20H,1-2H3,(H,23,24). The Kier molecular flexibility index (Phi) is 5.49. The third-order valence-corrected chi connectivity index (χ3v) is 4.12. The van der Waals surface area contributed by atoms with Gasteiger partial charge in [-0.2, -0.15) is 0 Å². The first-order valence-electron chi connectivity index (χ1n) is 8.20. The van der Waals surface area contributed by atoms with E-state index in [1.165, 1.54) is 0 Å². The van der Waals surface area contributed by atoms with Crippen molar-refractivity contribution in [3.8, 4) is 11.5 Å². The minimum absolute atomic E-state index is 0.163. The molecule has 0 atom stereocenters. The number of aromatic nitrogens is 1. The summed E-state index contributed by atoms with van der Waals surface area (Å²) >= 11 is 0. The summed E-state index contributed by atoms with van der Waals surface area (Å²) in [4.78, 5) is 16.6. The molecule has 0 saturated heterocycles. The molecule has 1 heterocycles. The van der Waals surface area contributed by atoms with Crippen molar-refractivity contribution in [3.63, 3.8) is 0 Å². The smallest absolute Gasteiger partial charge is 0.252 e. The van der Waals surface area contributed by atoms with Crippen LogP contribution in [0.25, 0.3) is 0 Å². The number of ether oxygens (including phenoxy) is 2. The van der Waals surface area contributed by atoms with E-state index in [1.54, 1.807) is 38.7 Å². The van der Waals surface area contributed by atoms with E-state index in [-0.39, 0.29) is 11.9 Å². The van der Waals surface area contributed by atoms with Crippen LogP contribution in [-0.4, -0.2) is 25.1 Å². The highest BCUT2D eigenvalue weighted by molar-refractivity contribution is 5.94. The predicted molar refractivity (Wildman–Crippen MR) is 99.5 cm³/mol. The van der Waals surface area contributed by atoms with Gasteiger partial charge < -0.3 is 14.8 Å². The van der Waals surface area contributed by atoms with E-state index in [9.17, 15) is 4.79 Å². The molecule has 132 valence electrons. The Morgan fingerprint density at radius 3 is 1.69 bits per heavy atom. The maximum Gasteiger partial charge on any atom is 0.252 e. The van der Waals surface area contributed by atoms with Crippen LogP contribution < -0.4 is 14.8 Å². The van der Waals surface area contributed by atoms with Crippen molar-refractivity contribution < 1.29 is 14.3 Å². The maximum atomic E-state index is 12.7. The van der Waals surface area contributed by atoms with Crippen molar-refractivity contribution in [3.05, 3.63) is 89.7 Å². The van der Waals surface area contributed by atoms with Gasteiger partial charge in [0.25, 0.3) is 5.91 Å². The number of rotatable bonds is 6. The van der Waals surface area contributed by atoms with Crippen molar-refractivity contribution in [1.82, 2.24) is 10.3 Å². The molecule has 0 saturated carbocycles. The number of pyridine rings is 1. The van der Waals surface area contributed by atoms with Crippen LogP contribution >= 0.6 is 0 Å². The van der Waals surface area contributed by atoms with Gasteiger partial charge in [0.2, 0.25) is 0 Å². The molecule has 0 fully saturated rings. The molecule has 1 N–H and O–H groups in total. The Morgan fingerprint density at radius 2 is 1.27 bits per heavy atom. The Bertz CT molecular complexity index is 799. The second kappa shape index (κ2) is 8.16. The number of carbonyl (C=O) groups excluding carboxylic acids is 1. The van der Waals surface area contributed by atoms with Crippen LogP contribution in [0.3, 0.4) is 0 Å². The minimum atomic E-state index is -0.299. The van der Waals surface area contributed by atoms with E-state index >= 15 is 0 Å². The highest BCUT2D eigenvalue weighted by Gasteiger charge is 2.18. The molecule has 0 aliphatic carbocycles. The Balaban J connectivity index is 1.93. The van der Waals surface area contributed by atoms with Crippen molar-refractivity contribution in [2.75, 3.05) is 14.2 Å². The molecule has 1 aromatic heterocycles. The average molecular weight is 348 g/mol. The molecule has 0 radical (unpaired) electrons. The zero-order chi connectivity index (χ0) is 18.4. The summed E-state index contributed by atoms with van der Waals surface area (Å²) in [5, 5.41) is 3.09. The van der Waals surface area contributed by atoms with Crippen molar-refractivity contribution in [1.29, 1.82) is 0 Å². The zero-order valence-electron chi connectivity index (χ0n) is 14.7. The van der Waals surface area contributed by atoms with Crippen LogP contribution in [0.5, 0.6) is 11.5 Å². The van der Waals surface area contributed by atoms with Gasteiger partial charge in [-0.1, -0.05) is 24.3 Å². The van der Waals surface area contributed by atoms with Gasteiger partial charge in [0.15, 0.2) is 0 Å². The second-order valence-corrected chi connectivity index (χ2v) is 5.69. The van der Waals surface area contributed by atoms with Crippen LogP contribution in [0.2, 0.25) is 0 Å². The Hall–Kier alpha value is -3.34. The average Bonchev–Trinajstić information content (AvgIpc) is 2.73. The lowest BCUT2D eigenvalue weighted by Crippen LogP contribution is -2.29. The van der Waals surface area contributed by atoms with Gasteiger partial charge in [-0.3, -0.25) is 9.78 Å². The van der Waals surface area contributed by atoms with Crippen LogP contribution in [0.4, 0.5) is 0 Å².